The van der Waals surface area contributed by atoms with Crippen LogP contribution in [0, 0.1) is 6.92 Å². The van der Waals surface area contributed by atoms with Crippen LogP contribution in [0.4, 0.5) is 0 Å². The molecule has 0 N–H and O–H groups in total. The fraction of sp³-hybridized carbons (Fsp3) is 0.189. The highest BCUT2D eigenvalue weighted by Crippen LogP contribution is 2.32. The van der Waals surface area contributed by atoms with Crippen molar-refractivity contribution in [1.29, 1.82) is 0 Å². The fourth-order valence-corrected chi connectivity index (χ4v) is 6.61. The average molecular weight is 647 g/mol. The number of allylic oxidation sites excluding steroid dienone is 1. The van der Waals surface area contributed by atoms with Crippen LogP contribution in [0.15, 0.2) is 113 Å². The Morgan fingerprint density at radius 1 is 1.06 bits per heavy atom. The van der Waals surface area contributed by atoms with Crippen LogP contribution in [0.3, 0.4) is 0 Å². The summed E-state index contributed by atoms with van der Waals surface area (Å²) in [6.45, 7) is 9.84. The summed E-state index contributed by atoms with van der Waals surface area (Å²) in [6.07, 6.45) is 5.47. The Labute approximate surface area is 276 Å². The first-order valence-corrected chi connectivity index (χ1v) is 16.0. The maximum atomic E-state index is 14.3. The van der Waals surface area contributed by atoms with Crippen molar-refractivity contribution in [2.75, 3.05) is 20.3 Å². The van der Waals surface area contributed by atoms with E-state index in [4.69, 9.17) is 24.3 Å². The number of methoxy groups -OCH3 is 1. The molecule has 47 heavy (non-hydrogen) atoms. The molecule has 0 amide bonds. The van der Waals surface area contributed by atoms with Crippen molar-refractivity contribution in [2.45, 2.75) is 26.8 Å². The van der Waals surface area contributed by atoms with E-state index in [-0.39, 0.29) is 12.2 Å². The largest absolute Gasteiger partial charge is 0.497 e. The zero-order valence-electron chi connectivity index (χ0n) is 26.6. The number of hydrogen-bond donors (Lipinski definition) is 0. The van der Waals surface area contributed by atoms with Gasteiger partial charge < -0.3 is 14.2 Å². The summed E-state index contributed by atoms with van der Waals surface area (Å²) >= 11 is 1.27. The van der Waals surface area contributed by atoms with E-state index in [1.165, 1.54) is 11.3 Å². The third-order valence-electron chi connectivity index (χ3n) is 7.80. The lowest BCUT2D eigenvalue weighted by atomic mass is 9.96. The molecule has 3 aromatic carbocycles. The summed E-state index contributed by atoms with van der Waals surface area (Å²) in [4.78, 5) is 32.8. The zero-order valence-corrected chi connectivity index (χ0v) is 27.4. The standard InChI is InChI=1S/C37H34N4O5S/c1-6-19-46-30-18-15-26(20-23(30)3)33-27(22-40(39-33)28-11-9-8-10-12-28)21-31-35(42)41-34(25-13-16-29(44-5)17-14-25)32(36(43)45-7-2)24(4)38-37(41)47-31/h6,8-18,20-22,34H,1,7,19H2,2-5H3/b31-21-. The molecule has 0 aliphatic carbocycles. The van der Waals surface area contributed by atoms with E-state index in [1.54, 1.807) is 36.3 Å². The van der Waals surface area contributed by atoms with Crippen molar-refractivity contribution >= 4 is 23.4 Å². The van der Waals surface area contributed by atoms with Crippen LogP contribution in [0.2, 0.25) is 0 Å². The Morgan fingerprint density at radius 2 is 1.83 bits per heavy atom. The van der Waals surface area contributed by atoms with Gasteiger partial charge in [-0.2, -0.15) is 5.10 Å². The minimum atomic E-state index is -0.726. The smallest absolute Gasteiger partial charge is 0.338 e. The van der Waals surface area contributed by atoms with E-state index in [0.29, 0.717) is 38.7 Å². The topological polar surface area (TPSA) is 96.9 Å². The fourth-order valence-electron chi connectivity index (χ4n) is 5.57. The Morgan fingerprint density at radius 3 is 2.51 bits per heavy atom. The Balaban J connectivity index is 1.53. The quantitative estimate of drug-likeness (QED) is 0.146. The number of fused-ring (bicyclic) bond motifs is 1. The molecular weight excluding hydrogens is 612 g/mol. The van der Waals surface area contributed by atoms with Gasteiger partial charge in [0.2, 0.25) is 0 Å². The molecule has 0 bridgehead atoms. The van der Waals surface area contributed by atoms with Gasteiger partial charge in [0.1, 0.15) is 23.8 Å². The van der Waals surface area contributed by atoms with Crippen LogP contribution in [-0.4, -0.2) is 40.6 Å². The molecule has 1 atom stereocenters. The van der Waals surface area contributed by atoms with Crippen molar-refractivity contribution < 1.29 is 19.0 Å². The normalized spacial score (nSPS) is 14.4. The molecule has 238 valence electrons. The highest BCUT2D eigenvalue weighted by atomic mass is 32.1. The van der Waals surface area contributed by atoms with Crippen LogP contribution in [0.1, 0.15) is 36.6 Å². The number of hydrogen-bond acceptors (Lipinski definition) is 8. The Bertz CT molecular complexity index is 2180. The monoisotopic (exact) mass is 646 g/mol. The number of carbonyl (C=O) groups is 1. The lowest BCUT2D eigenvalue weighted by Gasteiger charge is -2.24. The maximum absolute atomic E-state index is 14.3. The number of esters is 1. The van der Waals surface area contributed by atoms with E-state index >= 15 is 0 Å². The molecule has 1 aliphatic heterocycles. The molecule has 0 saturated carbocycles. The van der Waals surface area contributed by atoms with Gasteiger partial charge in [0.25, 0.3) is 5.56 Å². The highest BCUT2D eigenvalue weighted by molar-refractivity contribution is 7.07. The van der Waals surface area contributed by atoms with Gasteiger partial charge in [-0.3, -0.25) is 9.36 Å². The lowest BCUT2D eigenvalue weighted by Crippen LogP contribution is -2.39. The number of aryl methyl sites for hydroxylation is 1. The molecule has 0 radical (unpaired) electrons. The number of thiazole rings is 1. The van der Waals surface area contributed by atoms with E-state index in [0.717, 1.165) is 33.7 Å². The third kappa shape index (κ3) is 6.19. The molecule has 0 fully saturated rings. The summed E-state index contributed by atoms with van der Waals surface area (Å²) in [5.41, 5.74) is 5.45. The number of benzene rings is 3. The van der Waals surface area contributed by atoms with Crippen LogP contribution >= 0.6 is 11.3 Å². The van der Waals surface area contributed by atoms with Gasteiger partial charge >= 0.3 is 5.97 Å². The first-order valence-electron chi connectivity index (χ1n) is 15.2. The first kappa shape index (κ1) is 31.5. The minimum absolute atomic E-state index is 0.199. The summed E-state index contributed by atoms with van der Waals surface area (Å²) in [5, 5.41) is 4.96. The van der Waals surface area contributed by atoms with Crippen LogP contribution in [0.5, 0.6) is 11.5 Å². The minimum Gasteiger partial charge on any atom is -0.497 e. The molecule has 5 aromatic rings. The number of aromatic nitrogens is 3. The zero-order chi connectivity index (χ0) is 33.1. The summed E-state index contributed by atoms with van der Waals surface area (Å²) in [7, 11) is 1.59. The summed E-state index contributed by atoms with van der Waals surface area (Å²) < 4.78 is 20.4. The molecule has 9 nitrogen and oxygen atoms in total. The second-order valence-corrected chi connectivity index (χ2v) is 11.9. The van der Waals surface area contributed by atoms with Crippen molar-refractivity contribution in [3.63, 3.8) is 0 Å². The molecule has 0 saturated heterocycles. The third-order valence-corrected chi connectivity index (χ3v) is 8.79. The number of carbonyl (C=O) groups excluding carboxylic acids is 1. The second kappa shape index (κ2) is 13.5. The van der Waals surface area contributed by atoms with Gasteiger partial charge in [0, 0.05) is 17.3 Å². The summed E-state index contributed by atoms with van der Waals surface area (Å²) in [5.74, 6) is 0.918. The van der Waals surface area contributed by atoms with Gasteiger partial charge in [-0.15, -0.1) is 0 Å². The first-order chi connectivity index (χ1) is 22.8. The Kier molecular flexibility index (Phi) is 9.03. The van der Waals surface area contributed by atoms with Gasteiger partial charge in [-0.25, -0.2) is 14.5 Å². The molecule has 1 unspecified atom stereocenters. The molecule has 3 heterocycles. The average Bonchev–Trinajstić information content (AvgIpc) is 3.64. The number of rotatable bonds is 10. The molecule has 6 rings (SSSR count). The second-order valence-electron chi connectivity index (χ2n) is 10.9. The molecule has 1 aliphatic rings. The number of ether oxygens (including phenoxy) is 3. The van der Waals surface area contributed by atoms with Crippen LogP contribution in [-0.2, 0) is 9.53 Å². The predicted octanol–water partition coefficient (Wildman–Crippen LogP) is 5.53. The Hall–Kier alpha value is -5.48. The number of nitrogens with zero attached hydrogens (tertiary/aromatic N) is 4. The van der Waals surface area contributed by atoms with Crippen molar-refractivity contribution in [1.82, 2.24) is 14.3 Å². The van der Waals surface area contributed by atoms with Gasteiger partial charge in [-0.05, 0) is 80.4 Å². The van der Waals surface area contributed by atoms with Gasteiger partial charge in [0.05, 0.1) is 41.2 Å². The van der Waals surface area contributed by atoms with Crippen LogP contribution < -0.4 is 24.4 Å². The van der Waals surface area contributed by atoms with E-state index in [9.17, 15) is 9.59 Å². The van der Waals surface area contributed by atoms with Crippen molar-refractivity contribution in [3.05, 3.63) is 139 Å². The SMILES string of the molecule is C=CCOc1ccc(-c2nn(-c3ccccc3)cc2/C=c2\sc3n(c2=O)C(c2ccc(OC)cc2)C(C(=O)OCC)=C(C)N=3)cc1C. The van der Waals surface area contributed by atoms with Gasteiger partial charge in [0.15, 0.2) is 4.80 Å². The lowest BCUT2D eigenvalue weighted by molar-refractivity contribution is -0.139. The van der Waals surface area contributed by atoms with Crippen LogP contribution in [0.25, 0.3) is 23.0 Å². The highest BCUT2D eigenvalue weighted by Gasteiger charge is 2.33. The molecule has 0 spiro atoms. The van der Waals surface area contributed by atoms with Gasteiger partial charge in [-0.1, -0.05) is 54.3 Å². The van der Waals surface area contributed by atoms with E-state index < -0.39 is 12.0 Å². The molecule has 2 aromatic heterocycles. The summed E-state index contributed by atoms with van der Waals surface area (Å²) in [6, 6.07) is 22.3. The van der Waals surface area contributed by atoms with E-state index in [2.05, 4.69) is 6.58 Å². The maximum Gasteiger partial charge on any atom is 0.338 e. The molecule has 10 heteroatoms. The van der Waals surface area contributed by atoms with Crippen molar-refractivity contribution in [2.24, 2.45) is 4.99 Å². The number of para-hydroxylation sites is 1. The predicted molar refractivity (Wildman–Crippen MR) is 183 cm³/mol. The van der Waals surface area contributed by atoms with Crippen molar-refractivity contribution in [3.8, 4) is 28.4 Å². The molecular formula is C37H34N4O5S. The van der Waals surface area contributed by atoms with E-state index in [1.807, 2.05) is 92.0 Å².